The predicted octanol–water partition coefficient (Wildman–Crippen LogP) is 2.43. The normalized spacial score (nSPS) is 25.8. The lowest BCUT2D eigenvalue weighted by atomic mass is 9.69. The summed E-state index contributed by atoms with van der Waals surface area (Å²) >= 11 is 0. The first kappa shape index (κ1) is 19.0. The summed E-state index contributed by atoms with van der Waals surface area (Å²) in [5.41, 5.74) is -0.610. The molecule has 156 valence electrons. The van der Waals surface area contributed by atoms with E-state index in [0.717, 1.165) is 5.56 Å². The second kappa shape index (κ2) is 6.48. The number of ether oxygens (including phenoxy) is 4. The van der Waals surface area contributed by atoms with Gasteiger partial charge in [0, 0.05) is 24.1 Å². The Labute approximate surface area is 174 Å². The maximum absolute atomic E-state index is 14.0. The van der Waals surface area contributed by atoms with Crippen molar-refractivity contribution in [1.82, 2.24) is 5.32 Å². The standard InChI is InChI=1S/C23H23NO6/c1-4-8-22(26)19-14(5-6-16(27-2)20(19)28-3)21(25)23(22)15-11-18-17(29-12-30-18)10-13(15)7-9-24-23/h4-6,10-11,24,26H,1,7-9,12H2,2-3H3/t22-,23+/m1/s1. The number of fused-ring (bicyclic) bond motifs is 4. The van der Waals surface area contributed by atoms with Crippen LogP contribution in [-0.2, 0) is 17.6 Å². The van der Waals surface area contributed by atoms with Gasteiger partial charge in [0.15, 0.2) is 28.8 Å². The maximum atomic E-state index is 14.0. The largest absolute Gasteiger partial charge is 0.493 e. The molecule has 2 atom stereocenters. The molecule has 2 heterocycles. The van der Waals surface area contributed by atoms with E-state index in [2.05, 4.69) is 11.9 Å². The summed E-state index contributed by atoms with van der Waals surface area (Å²) in [5.74, 6) is 1.79. The van der Waals surface area contributed by atoms with Gasteiger partial charge in [0.05, 0.1) is 14.2 Å². The fraction of sp³-hybridized carbons (Fsp3) is 0.348. The van der Waals surface area contributed by atoms with Crippen molar-refractivity contribution in [2.45, 2.75) is 24.0 Å². The summed E-state index contributed by atoms with van der Waals surface area (Å²) in [6.07, 6.45) is 2.45. The van der Waals surface area contributed by atoms with Crippen molar-refractivity contribution < 1.29 is 28.8 Å². The number of carbonyl (C=O) groups excluding carboxylic acids is 1. The number of Topliss-reactive ketones (excluding diaryl/α,β-unsaturated/α-hetero) is 1. The quantitative estimate of drug-likeness (QED) is 0.750. The summed E-state index contributed by atoms with van der Waals surface area (Å²) in [5, 5.41) is 15.6. The summed E-state index contributed by atoms with van der Waals surface area (Å²) in [7, 11) is 3.03. The first-order valence-corrected chi connectivity index (χ1v) is 9.83. The molecule has 0 saturated heterocycles. The van der Waals surface area contributed by atoms with Crippen LogP contribution in [0.5, 0.6) is 23.0 Å². The molecule has 2 aromatic rings. The number of hydrogen-bond donors (Lipinski definition) is 2. The van der Waals surface area contributed by atoms with E-state index in [0.29, 0.717) is 52.7 Å². The number of nitrogens with one attached hydrogen (secondary N) is 1. The van der Waals surface area contributed by atoms with Crippen molar-refractivity contribution in [2.24, 2.45) is 0 Å². The third-order valence-electron chi connectivity index (χ3n) is 6.39. The fourth-order valence-electron chi connectivity index (χ4n) is 5.16. The zero-order valence-corrected chi connectivity index (χ0v) is 16.9. The monoisotopic (exact) mass is 409 g/mol. The Morgan fingerprint density at radius 3 is 2.70 bits per heavy atom. The predicted molar refractivity (Wildman–Crippen MR) is 109 cm³/mol. The molecule has 2 N–H and O–H groups in total. The highest BCUT2D eigenvalue weighted by molar-refractivity contribution is 6.11. The second-order valence-corrected chi connectivity index (χ2v) is 7.70. The van der Waals surface area contributed by atoms with E-state index < -0.39 is 11.1 Å². The minimum absolute atomic E-state index is 0.134. The number of carbonyl (C=O) groups is 1. The molecule has 0 bridgehead atoms. The van der Waals surface area contributed by atoms with Gasteiger partial charge in [-0.1, -0.05) is 6.08 Å². The van der Waals surface area contributed by atoms with Crippen LogP contribution in [0.4, 0.5) is 0 Å². The molecule has 0 amide bonds. The van der Waals surface area contributed by atoms with E-state index in [1.54, 1.807) is 18.2 Å². The van der Waals surface area contributed by atoms with Crippen LogP contribution < -0.4 is 24.3 Å². The van der Waals surface area contributed by atoms with Crippen LogP contribution in [0, 0.1) is 0 Å². The van der Waals surface area contributed by atoms with Gasteiger partial charge in [0.25, 0.3) is 0 Å². The molecule has 2 aromatic carbocycles. The summed E-state index contributed by atoms with van der Waals surface area (Å²) in [4.78, 5) is 14.0. The van der Waals surface area contributed by atoms with Gasteiger partial charge in [-0.15, -0.1) is 6.58 Å². The molecule has 0 radical (unpaired) electrons. The highest BCUT2D eigenvalue weighted by atomic mass is 16.7. The average molecular weight is 409 g/mol. The van der Waals surface area contributed by atoms with Crippen molar-refractivity contribution in [3.8, 4) is 23.0 Å². The zero-order valence-electron chi connectivity index (χ0n) is 16.9. The van der Waals surface area contributed by atoms with E-state index in [9.17, 15) is 9.90 Å². The van der Waals surface area contributed by atoms with E-state index in [-0.39, 0.29) is 19.0 Å². The van der Waals surface area contributed by atoms with Gasteiger partial charge >= 0.3 is 0 Å². The molecule has 0 aromatic heterocycles. The number of hydrogen-bond acceptors (Lipinski definition) is 7. The summed E-state index contributed by atoms with van der Waals surface area (Å²) in [6, 6.07) is 7.09. The molecule has 0 fully saturated rings. The Balaban J connectivity index is 1.84. The number of methoxy groups -OCH3 is 2. The van der Waals surface area contributed by atoms with E-state index in [1.165, 1.54) is 14.2 Å². The highest BCUT2D eigenvalue weighted by Gasteiger charge is 2.66. The van der Waals surface area contributed by atoms with Crippen LogP contribution in [0.2, 0.25) is 0 Å². The number of ketones is 1. The van der Waals surface area contributed by atoms with Crippen LogP contribution in [-0.4, -0.2) is 38.4 Å². The topological polar surface area (TPSA) is 86.2 Å². The van der Waals surface area contributed by atoms with Gasteiger partial charge in [0.2, 0.25) is 6.79 Å². The van der Waals surface area contributed by atoms with Gasteiger partial charge < -0.3 is 24.1 Å². The Hall–Kier alpha value is -3.03. The molecule has 0 unspecified atom stereocenters. The molecule has 5 rings (SSSR count). The van der Waals surface area contributed by atoms with Gasteiger partial charge in [-0.05, 0) is 41.8 Å². The Morgan fingerprint density at radius 1 is 1.23 bits per heavy atom. The lowest BCUT2D eigenvalue weighted by molar-refractivity contribution is -0.0403. The molecular weight excluding hydrogens is 386 g/mol. The van der Waals surface area contributed by atoms with Gasteiger partial charge in [-0.3, -0.25) is 10.1 Å². The lowest BCUT2D eigenvalue weighted by Gasteiger charge is -2.45. The molecule has 0 saturated carbocycles. The zero-order chi connectivity index (χ0) is 21.1. The van der Waals surface area contributed by atoms with Crippen LogP contribution in [0.1, 0.15) is 33.5 Å². The second-order valence-electron chi connectivity index (χ2n) is 7.70. The molecule has 2 aliphatic heterocycles. The summed E-state index contributed by atoms with van der Waals surface area (Å²) < 4.78 is 22.2. The first-order chi connectivity index (χ1) is 14.5. The minimum atomic E-state index is -1.64. The van der Waals surface area contributed by atoms with Crippen LogP contribution in [0.3, 0.4) is 0 Å². The van der Waals surface area contributed by atoms with Crippen molar-refractivity contribution >= 4 is 5.78 Å². The van der Waals surface area contributed by atoms with Crippen molar-refractivity contribution in [1.29, 1.82) is 0 Å². The van der Waals surface area contributed by atoms with E-state index >= 15 is 0 Å². The molecule has 3 aliphatic rings. The molecule has 7 nitrogen and oxygen atoms in total. The van der Waals surface area contributed by atoms with E-state index in [1.807, 2.05) is 12.1 Å². The molecule has 1 aliphatic carbocycles. The number of rotatable bonds is 4. The van der Waals surface area contributed by atoms with Crippen LogP contribution in [0.15, 0.2) is 36.9 Å². The lowest BCUT2D eigenvalue weighted by Crippen LogP contribution is -2.61. The smallest absolute Gasteiger partial charge is 0.231 e. The third kappa shape index (κ3) is 2.14. The van der Waals surface area contributed by atoms with Crippen LogP contribution >= 0.6 is 0 Å². The maximum Gasteiger partial charge on any atom is 0.231 e. The Kier molecular flexibility index (Phi) is 4.10. The average Bonchev–Trinajstić information content (AvgIpc) is 3.28. The highest BCUT2D eigenvalue weighted by Crippen LogP contribution is 2.59. The first-order valence-electron chi connectivity index (χ1n) is 9.83. The van der Waals surface area contributed by atoms with Crippen molar-refractivity contribution in [3.05, 3.63) is 59.2 Å². The number of benzene rings is 2. The van der Waals surface area contributed by atoms with Gasteiger partial charge in [-0.25, -0.2) is 0 Å². The van der Waals surface area contributed by atoms with Crippen LogP contribution in [0.25, 0.3) is 0 Å². The van der Waals surface area contributed by atoms with E-state index in [4.69, 9.17) is 18.9 Å². The summed E-state index contributed by atoms with van der Waals surface area (Å²) in [6.45, 7) is 4.49. The Morgan fingerprint density at radius 2 is 2.00 bits per heavy atom. The van der Waals surface area contributed by atoms with Crippen molar-refractivity contribution in [2.75, 3.05) is 27.6 Å². The van der Waals surface area contributed by atoms with Crippen molar-refractivity contribution in [3.63, 3.8) is 0 Å². The SMILES string of the molecule is C=CC[C@@]1(O)c2c(ccc(OC)c2OC)C(=O)[C@]12NCCc1cc3c(cc12)OCO3. The van der Waals surface area contributed by atoms with Gasteiger partial charge in [0.1, 0.15) is 11.1 Å². The molecule has 1 spiro atoms. The fourth-order valence-corrected chi connectivity index (χ4v) is 5.16. The number of aliphatic hydroxyl groups is 1. The molecule has 7 heteroatoms. The minimum Gasteiger partial charge on any atom is -0.493 e. The van der Waals surface area contributed by atoms with Gasteiger partial charge in [-0.2, -0.15) is 0 Å². The Bertz CT molecular complexity index is 1080. The molecular formula is C23H23NO6. The molecule has 30 heavy (non-hydrogen) atoms. The third-order valence-corrected chi connectivity index (χ3v) is 6.39.